The Kier molecular flexibility index (Phi) is 7.09. The number of carbonyl (C=O) groups excluding carboxylic acids is 3. The molecule has 2 fully saturated rings. The van der Waals surface area contributed by atoms with Gasteiger partial charge in [-0.2, -0.15) is 0 Å². The van der Waals surface area contributed by atoms with Crippen molar-refractivity contribution in [2.45, 2.75) is 20.3 Å². The first-order valence-corrected chi connectivity index (χ1v) is 10.3. The Labute approximate surface area is 171 Å². The first-order chi connectivity index (χ1) is 14.0. The number of rotatable bonds is 7. The quantitative estimate of drug-likeness (QED) is 0.727. The third kappa shape index (κ3) is 5.06. The number of amides is 3. The zero-order chi connectivity index (χ0) is 20.8. The highest BCUT2D eigenvalue weighted by molar-refractivity contribution is 6.01. The molecule has 2 heterocycles. The molecular weight excluding hydrogens is 372 g/mol. The largest absolute Gasteiger partial charge is 0.492 e. The predicted molar refractivity (Wildman–Crippen MR) is 110 cm³/mol. The van der Waals surface area contributed by atoms with Gasteiger partial charge in [-0.05, 0) is 26.0 Å². The number of nitrogens with zero attached hydrogens (tertiary/aromatic N) is 3. The zero-order valence-corrected chi connectivity index (χ0v) is 17.2. The maximum Gasteiger partial charge on any atom is 0.234 e. The van der Waals surface area contributed by atoms with Crippen LogP contribution in [0.25, 0.3) is 0 Å². The summed E-state index contributed by atoms with van der Waals surface area (Å²) in [5.41, 5.74) is 0.724. The first-order valence-electron chi connectivity index (χ1n) is 10.3. The lowest BCUT2D eigenvalue weighted by molar-refractivity contribution is -0.137. The van der Waals surface area contributed by atoms with Crippen molar-refractivity contribution in [1.29, 1.82) is 0 Å². The van der Waals surface area contributed by atoms with Crippen molar-refractivity contribution in [3.05, 3.63) is 24.3 Å². The molecule has 2 aliphatic rings. The van der Waals surface area contributed by atoms with Crippen molar-refractivity contribution in [1.82, 2.24) is 15.1 Å². The summed E-state index contributed by atoms with van der Waals surface area (Å²) in [4.78, 5) is 42.9. The van der Waals surface area contributed by atoms with Crippen LogP contribution in [0, 0.1) is 5.92 Å². The highest BCUT2D eigenvalue weighted by atomic mass is 16.5. The fourth-order valence-electron chi connectivity index (χ4n) is 3.90. The summed E-state index contributed by atoms with van der Waals surface area (Å²) in [6.45, 7) is 8.17. The van der Waals surface area contributed by atoms with E-state index < -0.39 is 0 Å². The van der Waals surface area contributed by atoms with Gasteiger partial charge in [-0.15, -0.1) is 0 Å². The van der Waals surface area contributed by atoms with Gasteiger partial charge in [0.1, 0.15) is 5.75 Å². The fourth-order valence-corrected chi connectivity index (χ4v) is 3.90. The van der Waals surface area contributed by atoms with Gasteiger partial charge in [-0.25, -0.2) is 0 Å². The molecule has 1 aromatic carbocycles. The van der Waals surface area contributed by atoms with Gasteiger partial charge >= 0.3 is 0 Å². The van der Waals surface area contributed by atoms with Crippen LogP contribution in [0.4, 0.5) is 5.69 Å². The zero-order valence-electron chi connectivity index (χ0n) is 17.2. The standard InChI is InChI=1S/C21H30N4O4/c1-3-22-19(26)15-23-9-11-24(12-10-23)21(28)16-13-20(27)25(14-16)17-7-5-6-8-18(17)29-4-2/h5-8,16H,3-4,9-15H2,1-2H3,(H,22,26). The molecule has 0 aliphatic carbocycles. The summed E-state index contributed by atoms with van der Waals surface area (Å²) >= 11 is 0. The van der Waals surface area contributed by atoms with Gasteiger partial charge < -0.3 is 19.9 Å². The van der Waals surface area contributed by atoms with E-state index in [2.05, 4.69) is 10.2 Å². The Morgan fingerprint density at radius 1 is 1.14 bits per heavy atom. The number of para-hydroxylation sites is 2. The van der Waals surface area contributed by atoms with E-state index in [0.717, 1.165) is 5.69 Å². The Morgan fingerprint density at radius 3 is 2.55 bits per heavy atom. The van der Waals surface area contributed by atoms with Gasteiger partial charge in [-0.3, -0.25) is 19.3 Å². The molecule has 8 heteroatoms. The summed E-state index contributed by atoms with van der Waals surface area (Å²) in [7, 11) is 0. The SMILES string of the molecule is CCNC(=O)CN1CCN(C(=O)C2CC(=O)N(c3ccccc3OCC)C2)CC1. The number of carbonyl (C=O) groups is 3. The fraction of sp³-hybridized carbons (Fsp3) is 0.571. The number of piperazine rings is 1. The molecule has 0 aromatic heterocycles. The summed E-state index contributed by atoms with van der Waals surface area (Å²) in [5, 5.41) is 2.80. The van der Waals surface area contributed by atoms with Crippen molar-refractivity contribution < 1.29 is 19.1 Å². The minimum Gasteiger partial charge on any atom is -0.492 e. The van der Waals surface area contributed by atoms with Crippen LogP contribution in [-0.4, -0.2) is 79.9 Å². The number of hydrogen-bond donors (Lipinski definition) is 1. The molecule has 0 spiro atoms. The molecule has 3 amide bonds. The lowest BCUT2D eigenvalue weighted by atomic mass is 10.1. The molecule has 1 unspecified atom stereocenters. The molecule has 0 radical (unpaired) electrons. The maximum atomic E-state index is 13.0. The van der Waals surface area contributed by atoms with Gasteiger partial charge in [0.2, 0.25) is 17.7 Å². The summed E-state index contributed by atoms with van der Waals surface area (Å²) in [5.74, 6) is 0.303. The maximum absolute atomic E-state index is 13.0. The molecule has 2 aliphatic heterocycles. The Morgan fingerprint density at radius 2 is 1.86 bits per heavy atom. The number of anilines is 1. The second kappa shape index (κ2) is 9.73. The highest BCUT2D eigenvalue weighted by Crippen LogP contribution is 2.33. The molecule has 0 saturated carbocycles. The van der Waals surface area contributed by atoms with Crippen LogP contribution in [0.2, 0.25) is 0 Å². The third-order valence-electron chi connectivity index (χ3n) is 5.36. The number of ether oxygens (including phenoxy) is 1. The van der Waals surface area contributed by atoms with E-state index in [9.17, 15) is 14.4 Å². The minimum atomic E-state index is -0.341. The first kappa shape index (κ1) is 21.1. The van der Waals surface area contributed by atoms with Crippen LogP contribution in [-0.2, 0) is 14.4 Å². The number of hydrogen-bond acceptors (Lipinski definition) is 5. The van der Waals surface area contributed by atoms with E-state index in [1.807, 2.05) is 43.0 Å². The molecule has 1 atom stereocenters. The minimum absolute atomic E-state index is 0.0114. The van der Waals surface area contributed by atoms with Crippen molar-refractivity contribution >= 4 is 23.4 Å². The summed E-state index contributed by atoms with van der Waals surface area (Å²) in [6, 6.07) is 7.44. The van der Waals surface area contributed by atoms with E-state index in [1.165, 1.54) is 0 Å². The molecule has 158 valence electrons. The van der Waals surface area contributed by atoms with Crippen molar-refractivity contribution in [2.75, 3.05) is 57.3 Å². The van der Waals surface area contributed by atoms with Gasteiger partial charge in [-0.1, -0.05) is 12.1 Å². The van der Waals surface area contributed by atoms with Gasteiger partial charge in [0.25, 0.3) is 0 Å². The van der Waals surface area contributed by atoms with Crippen molar-refractivity contribution in [3.8, 4) is 5.75 Å². The molecule has 3 rings (SSSR count). The lowest BCUT2D eigenvalue weighted by Crippen LogP contribution is -2.52. The average molecular weight is 402 g/mol. The Balaban J connectivity index is 1.57. The van der Waals surface area contributed by atoms with Crippen LogP contribution < -0.4 is 15.0 Å². The number of benzene rings is 1. The van der Waals surface area contributed by atoms with E-state index >= 15 is 0 Å². The molecule has 2 saturated heterocycles. The van der Waals surface area contributed by atoms with Gasteiger partial charge in [0, 0.05) is 45.7 Å². The second-order valence-corrected chi connectivity index (χ2v) is 7.36. The van der Waals surface area contributed by atoms with Gasteiger partial charge in [0.05, 0.1) is 24.8 Å². The smallest absolute Gasteiger partial charge is 0.234 e. The number of nitrogens with one attached hydrogen (secondary N) is 1. The summed E-state index contributed by atoms with van der Waals surface area (Å²) in [6.07, 6.45) is 0.221. The van der Waals surface area contributed by atoms with E-state index in [-0.39, 0.29) is 30.1 Å². The molecular formula is C21H30N4O4. The number of likely N-dealkylation sites (N-methyl/N-ethyl adjacent to an activating group) is 1. The average Bonchev–Trinajstić information content (AvgIpc) is 3.10. The summed E-state index contributed by atoms with van der Waals surface area (Å²) < 4.78 is 5.64. The van der Waals surface area contributed by atoms with Crippen LogP contribution >= 0.6 is 0 Å². The van der Waals surface area contributed by atoms with Crippen LogP contribution in [0.15, 0.2) is 24.3 Å². The second-order valence-electron chi connectivity index (χ2n) is 7.36. The monoisotopic (exact) mass is 402 g/mol. The lowest BCUT2D eigenvalue weighted by Gasteiger charge is -2.35. The van der Waals surface area contributed by atoms with E-state index in [0.29, 0.717) is 58.2 Å². The third-order valence-corrected chi connectivity index (χ3v) is 5.36. The topological polar surface area (TPSA) is 82.2 Å². The predicted octanol–water partition coefficient (Wildman–Crippen LogP) is 0.719. The molecule has 8 nitrogen and oxygen atoms in total. The van der Waals surface area contributed by atoms with Crippen LogP contribution in [0.5, 0.6) is 5.75 Å². The van der Waals surface area contributed by atoms with E-state index in [1.54, 1.807) is 4.90 Å². The Hall–Kier alpha value is -2.61. The van der Waals surface area contributed by atoms with Crippen LogP contribution in [0.1, 0.15) is 20.3 Å². The molecule has 1 aromatic rings. The normalized spacial score (nSPS) is 20.1. The van der Waals surface area contributed by atoms with Gasteiger partial charge in [0.15, 0.2) is 0 Å². The highest BCUT2D eigenvalue weighted by Gasteiger charge is 2.38. The molecule has 1 N–H and O–H groups in total. The van der Waals surface area contributed by atoms with E-state index in [4.69, 9.17) is 4.74 Å². The van der Waals surface area contributed by atoms with Crippen molar-refractivity contribution in [3.63, 3.8) is 0 Å². The molecule has 0 bridgehead atoms. The molecule has 29 heavy (non-hydrogen) atoms. The van der Waals surface area contributed by atoms with Crippen molar-refractivity contribution in [2.24, 2.45) is 5.92 Å². The Bertz CT molecular complexity index is 746. The van der Waals surface area contributed by atoms with Crippen LogP contribution in [0.3, 0.4) is 0 Å².